The number of hydrogen-bond donors (Lipinski definition) is 1. The molecule has 0 aliphatic carbocycles. The summed E-state index contributed by atoms with van der Waals surface area (Å²) < 4.78 is 5.18. The SMILES string of the molecule is CN(Cc1ccco1)c1ccc(C(=O)O)cc1[N+](=O)[O-]. The van der Waals surface area contributed by atoms with Gasteiger partial charge in [-0.05, 0) is 24.3 Å². The Morgan fingerprint density at radius 2 is 2.20 bits per heavy atom. The molecule has 0 fully saturated rings. The lowest BCUT2D eigenvalue weighted by atomic mass is 10.1. The first-order valence-electron chi connectivity index (χ1n) is 5.74. The van der Waals surface area contributed by atoms with Gasteiger partial charge in [-0.1, -0.05) is 0 Å². The van der Waals surface area contributed by atoms with Crippen LogP contribution < -0.4 is 4.90 Å². The first-order valence-corrected chi connectivity index (χ1v) is 5.74. The van der Waals surface area contributed by atoms with Gasteiger partial charge < -0.3 is 14.4 Å². The predicted molar refractivity (Wildman–Crippen MR) is 70.9 cm³/mol. The Hall–Kier alpha value is -2.83. The molecule has 7 nitrogen and oxygen atoms in total. The molecule has 2 rings (SSSR count). The van der Waals surface area contributed by atoms with E-state index in [4.69, 9.17) is 9.52 Å². The molecule has 2 aromatic rings. The van der Waals surface area contributed by atoms with Gasteiger partial charge in [0.2, 0.25) is 0 Å². The average molecular weight is 276 g/mol. The number of nitro benzene ring substituents is 1. The summed E-state index contributed by atoms with van der Waals surface area (Å²) in [5.41, 5.74) is -0.0396. The second-order valence-corrected chi connectivity index (χ2v) is 4.20. The van der Waals surface area contributed by atoms with Crippen molar-refractivity contribution in [2.24, 2.45) is 0 Å². The van der Waals surface area contributed by atoms with Crippen LogP contribution in [0.1, 0.15) is 16.1 Å². The lowest BCUT2D eigenvalue weighted by Crippen LogP contribution is -2.17. The summed E-state index contributed by atoms with van der Waals surface area (Å²) in [6, 6.07) is 7.29. The molecule has 1 N–H and O–H groups in total. The van der Waals surface area contributed by atoms with Crippen LogP contribution in [0.3, 0.4) is 0 Å². The maximum atomic E-state index is 11.1. The molecule has 0 aliphatic rings. The molecule has 7 heteroatoms. The van der Waals surface area contributed by atoms with E-state index < -0.39 is 10.9 Å². The van der Waals surface area contributed by atoms with E-state index >= 15 is 0 Å². The van der Waals surface area contributed by atoms with Crippen molar-refractivity contribution < 1.29 is 19.2 Å². The zero-order valence-corrected chi connectivity index (χ0v) is 10.6. The average Bonchev–Trinajstić information content (AvgIpc) is 2.90. The zero-order chi connectivity index (χ0) is 14.7. The first kappa shape index (κ1) is 13.6. The van der Waals surface area contributed by atoms with Crippen LogP contribution >= 0.6 is 0 Å². The standard InChI is InChI=1S/C13H12N2O5/c1-14(8-10-3-2-6-20-10)11-5-4-9(13(16)17)7-12(11)15(18)19/h2-7H,8H2,1H3,(H,16,17). The summed E-state index contributed by atoms with van der Waals surface area (Å²) >= 11 is 0. The van der Waals surface area contributed by atoms with Gasteiger partial charge in [-0.25, -0.2) is 4.79 Å². The number of carboxylic acids is 1. The molecule has 0 saturated heterocycles. The minimum absolute atomic E-state index is 0.119. The van der Waals surface area contributed by atoms with Crippen LogP contribution in [0.5, 0.6) is 0 Å². The van der Waals surface area contributed by atoms with Gasteiger partial charge >= 0.3 is 5.97 Å². The molecule has 0 radical (unpaired) electrons. The van der Waals surface area contributed by atoms with Crippen molar-refractivity contribution in [2.45, 2.75) is 6.54 Å². The van der Waals surface area contributed by atoms with Crippen molar-refractivity contribution in [3.8, 4) is 0 Å². The molecule has 0 bridgehead atoms. The Balaban J connectivity index is 2.35. The van der Waals surface area contributed by atoms with E-state index in [2.05, 4.69) is 0 Å². The van der Waals surface area contributed by atoms with Gasteiger partial charge in [0.1, 0.15) is 11.4 Å². The molecule has 0 spiro atoms. The van der Waals surface area contributed by atoms with Gasteiger partial charge in [-0.15, -0.1) is 0 Å². The number of aromatic carboxylic acids is 1. The Bertz CT molecular complexity index is 636. The van der Waals surface area contributed by atoms with E-state index in [0.717, 1.165) is 6.07 Å². The van der Waals surface area contributed by atoms with Crippen molar-refractivity contribution in [1.29, 1.82) is 0 Å². The van der Waals surface area contributed by atoms with Gasteiger partial charge in [-0.2, -0.15) is 0 Å². The van der Waals surface area contributed by atoms with E-state index in [0.29, 0.717) is 18.0 Å². The Morgan fingerprint density at radius 3 is 2.75 bits per heavy atom. The fraction of sp³-hybridized carbons (Fsp3) is 0.154. The number of anilines is 1. The normalized spacial score (nSPS) is 10.2. The second-order valence-electron chi connectivity index (χ2n) is 4.20. The minimum atomic E-state index is -1.20. The number of nitro groups is 1. The van der Waals surface area contributed by atoms with Crippen LogP contribution in [0.2, 0.25) is 0 Å². The summed E-state index contributed by atoms with van der Waals surface area (Å²) in [5, 5.41) is 19.9. The second kappa shape index (κ2) is 5.43. The summed E-state index contributed by atoms with van der Waals surface area (Å²) in [6.45, 7) is 0.347. The summed E-state index contributed by atoms with van der Waals surface area (Å²) in [4.78, 5) is 23.0. The Labute approximate surface area is 114 Å². The molecule has 0 saturated carbocycles. The largest absolute Gasteiger partial charge is 0.478 e. The maximum absolute atomic E-state index is 11.1. The van der Waals surface area contributed by atoms with Gasteiger partial charge in [0, 0.05) is 13.1 Å². The highest BCUT2D eigenvalue weighted by atomic mass is 16.6. The molecule has 1 aromatic carbocycles. The molecule has 1 heterocycles. The number of hydrogen-bond acceptors (Lipinski definition) is 5. The molecule has 0 unspecified atom stereocenters. The lowest BCUT2D eigenvalue weighted by Gasteiger charge is -2.17. The molecule has 0 aliphatic heterocycles. The summed E-state index contributed by atoms with van der Waals surface area (Å²) in [6.07, 6.45) is 1.52. The van der Waals surface area contributed by atoms with E-state index in [1.54, 1.807) is 24.1 Å². The van der Waals surface area contributed by atoms with Crippen LogP contribution in [-0.4, -0.2) is 23.0 Å². The van der Waals surface area contributed by atoms with E-state index in [9.17, 15) is 14.9 Å². The highest BCUT2D eigenvalue weighted by Crippen LogP contribution is 2.29. The quantitative estimate of drug-likeness (QED) is 0.665. The number of nitrogens with zero attached hydrogens (tertiary/aromatic N) is 2. The Morgan fingerprint density at radius 1 is 1.45 bits per heavy atom. The number of carboxylic acid groups (broad SMARTS) is 1. The third-order valence-corrected chi connectivity index (χ3v) is 2.80. The lowest BCUT2D eigenvalue weighted by molar-refractivity contribution is -0.384. The third kappa shape index (κ3) is 2.77. The topological polar surface area (TPSA) is 96.8 Å². The zero-order valence-electron chi connectivity index (χ0n) is 10.6. The van der Waals surface area contributed by atoms with Crippen molar-refractivity contribution in [2.75, 3.05) is 11.9 Å². The van der Waals surface area contributed by atoms with Crippen LogP contribution in [-0.2, 0) is 6.54 Å². The van der Waals surface area contributed by atoms with Crippen molar-refractivity contribution in [3.05, 3.63) is 58.0 Å². The highest BCUT2D eigenvalue weighted by molar-refractivity contribution is 5.89. The molecule has 20 heavy (non-hydrogen) atoms. The van der Waals surface area contributed by atoms with Crippen molar-refractivity contribution in [1.82, 2.24) is 0 Å². The predicted octanol–water partition coefficient (Wildman–Crippen LogP) is 2.52. The maximum Gasteiger partial charge on any atom is 0.335 e. The van der Waals surface area contributed by atoms with Crippen LogP contribution in [0.15, 0.2) is 41.0 Å². The number of benzene rings is 1. The number of rotatable bonds is 5. The van der Waals surface area contributed by atoms with Crippen molar-refractivity contribution in [3.63, 3.8) is 0 Å². The Kier molecular flexibility index (Phi) is 3.69. The molecular weight excluding hydrogens is 264 g/mol. The van der Waals surface area contributed by atoms with Crippen LogP contribution in [0.25, 0.3) is 0 Å². The van der Waals surface area contributed by atoms with E-state index in [-0.39, 0.29) is 11.3 Å². The molecule has 0 amide bonds. The van der Waals surface area contributed by atoms with Crippen LogP contribution in [0.4, 0.5) is 11.4 Å². The fourth-order valence-corrected chi connectivity index (χ4v) is 1.85. The molecule has 104 valence electrons. The molecular formula is C13H12N2O5. The van der Waals surface area contributed by atoms with Gasteiger partial charge in [0.15, 0.2) is 0 Å². The summed E-state index contributed by atoms with van der Waals surface area (Å²) in [5.74, 6) is -0.544. The van der Waals surface area contributed by atoms with Crippen LogP contribution in [0, 0.1) is 10.1 Å². The van der Waals surface area contributed by atoms with E-state index in [1.807, 2.05) is 0 Å². The van der Waals surface area contributed by atoms with Crippen molar-refractivity contribution >= 4 is 17.3 Å². The number of carbonyl (C=O) groups is 1. The first-order chi connectivity index (χ1) is 9.49. The van der Waals surface area contributed by atoms with Gasteiger partial charge in [0.25, 0.3) is 5.69 Å². The third-order valence-electron chi connectivity index (χ3n) is 2.80. The minimum Gasteiger partial charge on any atom is -0.478 e. The summed E-state index contributed by atoms with van der Waals surface area (Å²) in [7, 11) is 1.67. The smallest absolute Gasteiger partial charge is 0.335 e. The van der Waals surface area contributed by atoms with E-state index in [1.165, 1.54) is 18.4 Å². The van der Waals surface area contributed by atoms with Gasteiger partial charge in [-0.3, -0.25) is 10.1 Å². The molecule has 0 atom stereocenters. The molecule has 1 aromatic heterocycles. The highest BCUT2D eigenvalue weighted by Gasteiger charge is 2.20. The fourth-order valence-electron chi connectivity index (χ4n) is 1.85. The van der Waals surface area contributed by atoms with Gasteiger partial charge in [0.05, 0.1) is 23.3 Å². The monoisotopic (exact) mass is 276 g/mol. The number of furan rings is 1.